The Labute approximate surface area is 199 Å². The number of thiophene rings is 2. The van der Waals surface area contributed by atoms with Crippen LogP contribution in [0.3, 0.4) is 0 Å². The minimum atomic E-state index is -0.168. The minimum absolute atomic E-state index is 0.0000196. The van der Waals surface area contributed by atoms with Gasteiger partial charge >= 0.3 is 0 Å². The molecular weight excluding hydrogens is 462 g/mol. The molecule has 1 aliphatic heterocycles. The van der Waals surface area contributed by atoms with Crippen LogP contribution in [0.25, 0.3) is 0 Å². The second-order valence-electron chi connectivity index (χ2n) is 7.90. The molecule has 8 heteroatoms. The molecule has 5 rings (SSSR count). The number of hydrogen-bond donors (Lipinski definition) is 1. The van der Waals surface area contributed by atoms with Gasteiger partial charge < -0.3 is 5.32 Å². The molecule has 0 unspecified atom stereocenters. The number of aryl methyl sites for hydroxylation is 1. The molecule has 0 saturated carbocycles. The fourth-order valence-corrected chi connectivity index (χ4v) is 6.39. The predicted molar refractivity (Wildman–Crippen MR) is 131 cm³/mol. The third-order valence-electron chi connectivity index (χ3n) is 5.77. The number of nitrogens with one attached hydrogen (secondary N) is 1. The highest BCUT2D eigenvalue weighted by atomic mass is 35.5. The standard InChI is InChI=1S/C24H22ClN3O2S2/c25-16-9-7-15(8-10-16)23-22-18-5-1-2-6-19(18)32-24(22)28(21(30)13-27-23)14-20(29)26-12-17-4-3-11-31-17/h3-4,7-11H,1-2,5-6,12-14H2,(H,26,29). The van der Waals surface area contributed by atoms with Crippen molar-refractivity contribution in [2.24, 2.45) is 4.99 Å². The quantitative estimate of drug-likeness (QED) is 0.564. The van der Waals surface area contributed by atoms with Gasteiger partial charge in [0.05, 0.1) is 12.3 Å². The maximum Gasteiger partial charge on any atom is 0.249 e. The summed E-state index contributed by atoms with van der Waals surface area (Å²) in [6.07, 6.45) is 4.25. The minimum Gasteiger partial charge on any atom is -0.350 e. The van der Waals surface area contributed by atoms with Crippen LogP contribution >= 0.6 is 34.3 Å². The largest absolute Gasteiger partial charge is 0.350 e. The number of rotatable bonds is 5. The monoisotopic (exact) mass is 483 g/mol. The summed E-state index contributed by atoms with van der Waals surface area (Å²) in [5, 5.41) is 6.44. The number of anilines is 1. The van der Waals surface area contributed by atoms with Gasteiger partial charge in [-0.15, -0.1) is 22.7 Å². The summed E-state index contributed by atoms with van der Waals surface area (Å²) in [5.41, 5.74) is 4.07. The van der Waals surface area contributed by atoms with Crippen LogP contribution in [0, 0.1) is 0 Å². The van der Waals surface area contributed by atoms with Crippen molar-refractivity contribution in [3.63, 3.8) is 0 Å². The molecule has 2 aromatic heterocycles. The number of nitrogens with zero attached hydrogens (tertiary/aromatic N) is 2. The van der Waals surface area contributed by atoms with E-state index in [9.17, 15) is 9.59 Å². The Morgan fingerprint density at radius 1 is 1.16 bits per heavy atom. The lowest BCUT2D eigenvalue weighted by atomic mass is 9.91. The van der Waals surface area contributed by atoms with Crippen LogP contribution in [0.2, 0.25) is 5.02 Å². The van der Waals surface area contributed by atoms with E-state index in [1.54, 1.807) is 27.6 Å². The molecule has 1 aliphatic carbocycles. The molecule has 2 amide bonds. The van der Waals surface area contributed by atoms with Gasteiger partial charge in [-0.05, 0) is 54.8 Å². The number of halogens is 1. The van der Waals surface area contributed by atoms with Crippen LogP contribution in [0.4, 0.5) is 5.00 Å². The van der Waals surface area contributed by atoms with Gasteiger partial charge in [0.1, 0.15) is 18.1 Å². The van der Waals surface area contributed by atoms with Crippen molar-refractivity contribution >= 4 is 56.8 Å². The van der Waals surface area contributed by atoms with Gasteiger partial charge in [-0.1, -0.05) is 29.8 Å². The second-order valence-corrected chi connectivity index (χ2v) is 10.5. The van der Waals surface area contributed by atoms with Crippen LogP contribution in [-0.2, 0) is 29.0 Å². The molecule has 2 aliphatic rings. The Hall–Kier alpha value is -2.48. The average Bonchev–Trinajstić information content (AvgIpc) is 3.43. The first-order valence-electron chi connectivity index (χ1n) is 10.6. The zero-order valence-electron chi connectivity index (χ0n) is 17.4. The zero-order valence-corrected chi connectivity index (χ0v) is 19.8. The SMILES string of the molecule is O=C(CN1C(=O)CN=C(c2ccc(Cl)cc2)c2c1sc1c2CCCC1)NCc1cccs1. The van der Waals surface area contributed by atoms with E-state index in [0.717, 1.165) is 52.4 Å². The van der Waals surface area contributed by atoms with Crippen molar-refractivity contribution in [1.82, 2.24) is 5.32 Å². The van der Waals surface area contributed by atoms with Crippen molar-refractivity contribution < 1.29 is 9.59 Å². The summed E-state index contributed by atoms with van der Waals surface area (Å²) in [7, 11) is 0. The Morgan fingerprint density at radius 3 is 2.75 bits per heavy atom. The molecule has 3 aromatic rings. The Morgan fingerprint density at radius 2 is 1.97 bits per heavy atom. The number of carbonyl (C=O) groups is 2. The van der Waals surface area contributed by atoms with Gasteiger partial charge in [0.15, 0.2) is 0 Å². The normalized spacial score (nSPS) is 15.6. The first kappa shape index (κ1) is 21.4. The van der Waals surface area contributed by atoms with Crippen LogP contribution < -0.4 is 10.2 Å². The van der Waals surface area contributed by atoms with Crippen molar-refractivity contribution in [3.05, 3.63) is 73.2 Å². The molecule has 164 valence electrons. The van der Waals surface area contributed by atoms with E-state index >= 15 is 0 Å². The summed E-state index contributed by atoms with van der Waals surface area (Å²) < 4.78 is 0. The Balaban J connectivity index is 1.49. The van der Waals surface area contributed by atoms with E-state index in [0.29, 0.717) is 11.6 Å². The molecule has 0 spiro atoms. The smallest absolute Gasteiger partial charge is 0.249 e. The molecule has 1 N–H and O–H groups in total. The van der Waals surface area contributed by atoms with Crippen molar-refractivity contribution in [2.75, 3.05) is 18.0 Å². The first-order valence-corrected chi connectivity index (χ1v) is 12.7. The van der Waals surface area contributed by atoms with Crippen LogP contribution in [0.15, 0.2) is 46.8 Å². The maximum atomic E-state index is 13.1. The van der Waals surface area contributed by atoms with Crippen LogP contribution in [-0.4, -0.2) is 30.6 Å². The molecule has 0 bridgehead atoms. The number of amides is 2. The highest BCUT2D eigenvalue weighted by Crippen LogP contribution is 2.42. The maximum absolute atomic E-state index is 13.1. The number of aliphatic imine (C=N–C) groups is 1. The number of benzene rings is 1. The van der Waals surface area contributed by atoms with Gasteiger partial charge in [0, 0.05) is 25.9 Å². The van der Waals surface area contributed by atoms with Crippen molar-refractivity contribution in [1.29, 1.82) is 0 Å². The zero-order chi connectivity index (χ0) is 22.1. The molecule has 32 heavy (non-hydrogen) atoms. The molecule has 0 radical (unpaired) electrons. The van der Waals surface area contributed by atoms with Crippen molar-refractivity contribution in [3.8, 4) is 0 Å². The predicted octanol–water partition coefficient (Wildman–Crippen LogP) is 4.84. The van der Waals surface area contributed by atoms with Gasteiger partial charge in [-0.25, -0.2) is 0 Å². The third kappa shape index (κ3) is 4.25. The summed E-state index contributed by atoms with van der Waals surface area (Å²) in [6.45, 7) is 0.491. The van der Waals surface area contributed by atoms with E-state index in [-0.39, 0.29) is 24.9 Å². The fraction of sp³-hybridized carbons (Fsp3) is 0.292. The van der Waals surface area contributed by atoms with E-state index in [1.807, 2.05) is 41.8 Å². The number of hydrogen-bond acceptors (Lipinski definition) is 5. The summed E-state index contributed by atoms with van der Waals surface area (Å²) in [6, 6.07) is 11.5. The summed E-state index contributed by atoms with van der Waals surface area (Å²) in [4.78, 5) is 34.6. The molecule has 0 fully saturated rings. The summed E-state index contributed by atoms with van der Waals surface area (Å²) in [5.74, 6) is -0.320. The van der Waals surface area contributed by atoms with E-state index in [1.165, 1.54) is 10.4 Å². The fourth-order valence-electron chi connectivity index (χ4n) is 4.21. The van der Waals surface area contributed by atoms with Gasteiger partial charge in [0.25, 0.3) is 0 Å². The molecular formula is C24H22ClN3O2S2. The topological polar surface area (TPSA) is 61.8 Å². The highest BCUT2D eigenvalue weighted by Gasteiger charge is 2.33. The Kier molecular flexibility index (Phi) is 6.13. The van der Waals surface area contributed by atoms with E-state index < -0.39 is 0 Å². The lowest BCUT2D eigenvalue weighted by Crippen LogP contribution is -2.41. The van der Waals surface area contributed by atoms with E-state index in [4.69, 9.17) is 16.6 Å². The lowest BCUT2D eigenvalue weighted by Gasteiger charge is -2.20. The van der Waals surface area contributed by atoms with E-state index in [2.05, 4.69) is 5.32 Å². The van der Waals surface area contributed by atoms with Crippen LogP contribution in [0.5, 0.6) is 0 Å². The van der Waals surface area contributed by atoms with Gasteiger partial charge in [-0.3, -0.25) is 19.5 Å². The Bertz CT molecular complexity index is 1180. The molecule has 0 saturated heterocycles. The number of carbonyl (C=O) groups excluding carboxylic acids is 2. The highest BCUT2D eigenvalue weighted by molar-refractivity contribution is 7.17. The molecule has 0 atom stereocenters. The summed E-state index contributed by atoms with van der Waals surface area (Å²) >= 11 is 9.35. The average molecular weight is 484 g/mol. The van der Waals surface area contributed by atoms with Crippen LogP contribution in [0.1, 0.15) is 39.3 Å². The van der Waals surface area contributed by atoms with Gasteiger partial charge in [-0.2, -0.15) is 0 Å². The van der Waals surface area contributed by atoms with Gasteiger partial charge in [0.2, 0.25) is 11.8 Å². The molecule has 1 aromatic carbocycles. The third-order valence-corrected chi connectivity index (χ3v) is 8.21. The molecule has 3 heterocycles. The van der Waals surface area contributed by atoms with Crippen molar-refractivity contribution in [2.45, 2.75) is 32.2 Å². The second kappa shape index (κ2) is 9.17. The number of fused-ring (bicyclic) bond motifs is 3. The molecule has 5 nitrogen and oxygen atoms in total. The first-order chi connectivity index (χ1) is 15.6. The lowest BCUT2D eigenvalue weighted by molar-refractivity contribution is -0.123.